The number of aliphatic hydroxyl groups excluding tert-OH is 1. The molecule has 0 saturated heterocycles. The van der Waals surface area contributed by atoms with Crippen LogP contribution in [0.5, 0.6) is 0 Å². The van der Waals surface area contributed by atoms with Gasteiger partial charge < -0.3 is 5.11 Å². The maximum absolute atomic E-state index is 9.29. The summed E-state index contributed by atoms with van der Waals surface area (Å²) >= 11 is 0. The first-order chi connectivity index (χ1) is 5.52. The van der Waals surface area contributed by atoms with Crippen LogP contribution < -0.4 is 0 Å². The topological polar surface area (TPSA) is 50.9 Å². The van der Waals surface area contributed by atoms with Crippen molar-refractivity contribution in [2.45, 2.75) is 32.8 Å². The minimum absolute atomic E-state index is 0.00454. The van der Waals surface area contributed by atoms with Gasteiger partial charge in [-0.05, 0) is 13.8 Å². The Hall–Kier alpha value is -0.900. The van der Waals surface area contributed by atoms with E-state index < -0.39 is 6.10 Å². The highest BCUT2D eigenvalue weighted by atomic mass is 16.3. The minimum atomic E-state index is -0.396. The number of hydrogen-bond donors (Lipinski definition) is 1. The van der Waals surface area contributed by atoms with E-state index in [9.17, 15) is 5.11 Å². The van der Waals surface area contributed by atoms with E-state index in [0.29, 0.717) is 5.82 Å². The van der Waals surface area contributed by atoms with Gasteiger partial charge in [0.2, 0.25) is 0 Å². The molecule has 1 rings (SSSR count). The molecule has 0 radical (unpaired) electrons. The van der Waals surface area contributed by atoms with Gasteiger partial charge in [-0.2, -0.15) is 5.10 Å². The van der Waals surface area contributed by atoms with E-state index in [2.05, 4.69) is 10.1 Å². The first-order valence-electron chi connectivity index (χ1n) is 4.08. The summed E-state index contributed by atoms with van der Waals surface area (Å²) in [6.45, 7) is 5.56. The summed E-state index contributed by atoms with van der Waals surface area (Å²) in [5.74, 6) is 1.59. The highest BCUT2D eigenvalue weighted by molar-refractivity contribution is 4.98. The molecule has 1 N–H and O–H groups in total. The van der Waals surface area contributed by atoms with Crippen molar-refractivity contribution in [3.05, 3.63) is 11.6 Å². The molecular weight excluding hydrogens is 154 g/mol. The fourth-order valence-corrected chi connectivity index (χ4v) is 0.895. The molecule has 4 nitrogen and oxygen atoms in total. The summed E-state index contributed by atoms with van der Waals surface area (Å²) in [5.41, 5.74) is 0. The molecule has 0 amide bonds. The van der Waals surface area contributed by atoms with Crippen LogP contribution in [0.4, 0.5) is 0 Å². The first kappa shape index (κ1) is 9.19. The summed E-state index contributed by atoms with van der Waals surface area (Å²) in [5, 5.41) is 13.5. The van der Waals surface area contributed by atoms with Crippen LogP contribution in [0.2, 0.25) is 0 Å². The molecule has 0 saturated carbocycles. The van der Waals surface area contributed by atoms with Gasteiger partial charge in [-0.15, -0.1) is 0 Å². The Morgan fingerprint density at radius 1 is 1.42 bits per heavy atom. The second-order valence-electron chi connectivity index (χ2n) is 3.17. The number of aliphatic hydroxyl groups is 1. The van der Waals surface area contributed by atoms with Crippen molar-refractivity contribution < 1.29 is 5.11 Å². The quantitative estimate of drug-likeness (QED) is 0.705. The third-order valence-corrected chi connectivity index (χ3v) is 2.13. The van der Waals surface area contributed by atoms with Crippen LogP contribution in [0.3, 0.4) is 0 Å². The maximum Gasteiger partial charge on any atom is 0.156 e. The van der Waals surface area contributed by atoms with Gasteiger partial charge in [-0.25, -0.2) is 4.98 Å². The van der Waals surface area contributed by atoms with E-state index in [1.54, 1.807) is 11.6 Å². The van der Waals surface area contributed by atoms with Crippen molar-refractivity contribution in [2.75, 3.05) is 0 Å². The van der Waals surface area contributed by atoms with Crippen molar-refractivity contribution in [2.24, 2.45) is 7.05 Å². The number of hydrogen-bond acceptors (Lipinski definition) is 3. The van der Waals surface area contributed by atoms with E-state index in [0.717, 1.165) is 5.82 Å². The van der Waals surface area contributed by atoms with E-state index in [-0.39, 0.29) is 5.92 Å². The van der Waals surface area contributed by atoms with Gasteiger partial charge in [0.25, 0.3) is 0 Å². The summed E-state index contributed by atoms with van der Waals surface area (Å²) in [4.78, 5) is 4.22. The van der Waals surface area contributed by atoms with Gasteiger partial charge in [-0.1, -0.05) is 6.92 Å². The lowest BCUT2D eigenvalue weighted by atomic mass is 10.1. The molecule has 1 aromatic heterocycles. The molecule has 0 spiro atoms. The van der Waals surface area contributed by atoms with Crippen LogP contribution in [0.15, 0.2) is 0 Å². The van der Waals surface area contributed by atoms with Crippen LogP contribution in [0, 0.1) is 6.92 Å². The molecule has 0 aliphatic carbocycles. The van der Waals surface area contributed by atoms with Gasteiger partial charge in [0, 0.05) is 13.0 Å². The Balaban J connectivity index is 2.89. The molecule has 1 aromatic rings. The van der Waals surface area contributed by atoms with Crippen molar-refractivity contribution in [3.63, 3.8) is 0 Å². The third kappa shape index (κ3) is 1.64. The van der Waals surface area contributed by atoms with E-state index >= 15 is 0 Å². The monoisotopic (exact) mass is 169 g/mol. The van der Waals surface area contributed by atoms with Crippen molar-refractivity contribution in [1.82, 2.24) is 14.8 Å². The first-order valence-corrected chi connectivity index (χ1v) is 4.08. The molecule has 0 aliphatic heterocycles. The summed E-state index contributed by atoms with van der Waals surface area (Å²) < 4.78 is 1.72. The molecule has 0 bridgehead atoms. The SMILES string of the molecule is Cc1nc(C(C)C(C)O)nn1C. The number of rotatable bonds is 2. The van der Waals surface area contributed by atoms with Crippen molar-refractivity contribution >= 4 is 0 Å². The highest BCUT2D eigenvalue weighted by Gasteiger charge is 2.16. The number of nitrogens with zero attached hydrogens (tertiary/aromatic N) is 3. The molecule has 0 aromatic carbocycles. The zero-order valence-electron chi connectivity index (χ0n) is 7.94. The lowest BCUT2D eigenvalue weighted by Crippen LogP contribution is -2.12. The van der Waals surface area contributed by atoms with E-state index in [1.165, 1.54) is 0 Å². The van der Waals surface area contributed by atoms with Crippen LogP contribution in [0.25, 0.3) is 0 Å². The molecular formula is C8H15N3O. The maximum atomic E-state index is 9.29. The molecule has 68 valence electrons. The molecule has 0 fully saturated rings. The second-order valence-corrected chi connectivity index (χ2v) is 3.17. The molecule has 1 heterocycles. The number of aromatic nitrogens is 3. The van der Waals surface area contributed by atoms with E-state index in [1.807, 2.05) is 20.9 Å². The largest absolute Gasteiger partial charge is 0.393 e. The lowest BCUT2D eigenvalue weighted by Gasteiger charge is -2.09. The van der Waals surface area contributed by atoms with E-state index in [4.69, 9.17) is 0 Å². The van der Waals surface area contributed by atoms with Crippen molar-refractivity contribution in [3.8, 4) is 0 Å². The average Bonchev–Trinajstić information content (AvgIpc) is 2.30. The Kier molecular flexibility index (Phi) is 2.47. The van der Waals surface area contributed by atoms with Crippen LogP contribution in [0.1, 0.15) is 31.4 Å². The van der Waals surface area contributed by atoms with Crippen LogP contribution in [-0.2, 0) is 7.05 Å². The Morgan fingerprint density at radius 3 is 2.33 bits per heavy atom. The third-order valence-electron chi connectivity index (χ3n) is 2.13. The Labute approximate surface area is 72.2 Å². The second kappa shape index (κ2) is 3.23. The van der Waals surface area contributed by atoms with Gasteiger partial charge in [-0.3, -0.25) is 4.68 Å². The summed E-state index contributed by atoms with van der Waals surface area (Å²) in [6.07, 6.45) is -0.396. The normalized spacial score (nSPS) is 16.1. The van der Waals surface area contributed by atoms with Crippen molar-refractivity contribution in [1.29, 1.82) is 0 Å². The highest BCUT2D eigenvalue weighted by Crippen LogP contribution is 2.14. The smallest absolute Gasteiger partial charge is 0.156 e. The fraction of sp³-hybridized carbons (Fsp3) is 0.750. The summed E-state index contributed by atoms with van der Waals surface area (Å²) in [6, 6.07) is 0. The van der Waals surface area contributed by atoms with Crippen LogP contribution in [-0.4, -0.2) is 26.0 Å². The summed E-state index contributed by atoms with van der Waals surface area (Å²) in [7, 11) is 1.85. The fourth-order valence-electron chi connectivity index (χ4n) is 0.895. The van der Waals surface area contributed by atoms with Gasteiger partial charge >= 0.3 is 0 Å². The molecule has 2 unspecified atom stereocenters. The van der Waals surface area contributed by atoms with Crippen LogP contribution >= 0.6 is 0 Å². The minimum Gasteiger partial charge on any atom is -0.393 e. The van der Waals surface area contributed by atoms with Gasteiger partial charge in [0.05, 0.1) is 6.10 Å². The molecule has 12 heavy (non-hydrogen) atoms. The zero-order valence-corrected chi connectivity index (χ0v) is 7.94. The Bertz CT molecular complexity index is 248. The molecule has 0 aliphatic rings. The number of aryl methyl sites for hydroxylation is 2. The predicted octanol–water partition coefficient (Wildman–Crippen LogP) is 0.608. The lowest BCUT2D eigenvalue weighted by molar-refractivity contribution is 0.165. The molecule has 2 atom stereocenters. The average molecular weight is 169 g/mol. The zero-order chi connectivity index (χ0) is 9.30. The Morgan fingerprint density at radius 2 is 2.00 bits per heavy atom. The van der Waals surface area contributed by atoms with Gasteiger partial charge in [0.1, 0.15) is 5.82 Å². The molecule has 4 heteroatoms. The van der Waals surface area contributed by atoms with Gasteiger partial charge in [0.15, 0.2) is 5.82 Å². The standard InChI is InChI=1S/C8H15N3O/c1-5(6(2)12)8-9-7(3)11(4)10-8/h5-6,12H,1-4H3. The predicted molar refractivity (Wildman–Crippen MR) is 45.8 cm³/mol.